The molecule has 1 saturated carbocycles. The van der Waals surface area contributed by atoms with E-state index in [1.54, 1.807) is 0 Å². The lowest BCUT2D eigenvalue weighted by Crippen LogP contribution is -2.56. The Kier molecular flexibility index (Phi) is 7.33. The molecule has 6 rings (SSSR count). The predicted octanol–water partition coefficient (Wildman–Crippen LogP) is 4.25. The fraction of sp³-hybridized carbons (Fsp3) is 0.594. The van der Waals surface area contributed by atoms with Gasteiger partial charge in [0.1, 0.15) is 23.1 Å². The largest absolute Gasteiger partial charge is 0.476 e. The van der Waals surface area contributed by atoms with Crippen LogP contribution in [0.3, 0.4) is 0 Å². The van der Waals surface area contributed by atoms with Gasteiger partial charge in [-0.15, -0.1) is 0 Å². The van der Waals surface area contributed by atoms with Crippen LogP contribution in [0.15, 0.2) is 30.3 Å². The van der Waals surface area contributed by atoms with Gasteiger partial charge in [-0.2, -0.15) is 10.2 Å². The molecule has 4 heterocycles. The Morgan fingerprint density at radius 3 is 2.46 bits per heavy atom. The van der Waals surface area contributed by atoms with Gasteiger partial charge in [0.05, 0.1) is 13.2 Å². The van der Waals surface area contributed by atoms with Gasteiger partial charge in [0, 0.05) is 55.8 Å². The second-order valence-electron chi connectivity index (χ2n) is 13.3. The molecule has 9 nitrogen and oxygen atoms in total. The first-order valence-electron chi connectivity index (χ1n) is 14.9. The van der Waals surface area contributed by atoms with Crippen molar-refractivity contribution < 1.29 is 19.4 Å². The number of likely N-dealkylation sites (tertiary alicyclic amines) is 1. The molecule has 9 heteroatoms. The average Bonchev–Trinajstić information content (AvgIpc) is 3.69. The van der Waals surface area contributed by atoms with Crippen LogP contribution in [0.2, 0.25) is 0 Å². The highest BCUT2D eigenvalue weighted by Gasteiger charge is 2.46. The molecule has 218 valence electrons. The topological polar surface area (TPSA) is 102 Å². The number of aliphatic hydroxyl groups is 1. The number of piperazine rings is 1. The Balaban J connectivity index is 1.32. The maximum absolute atomic E-state index is 12.9. The van der Waals surface area contributed by atoms with Crippen LogP contribution < -0.4 is 9.64 Å². The second kappa shape index (κ2) is 10.8. The van der Waals surface area contributed by atoms with E-state index in [4.69, 9.17) is 14.5 Å². The molecule has 1 aliphatic carbocycles. The molecule has 1 aromatic carbocycles. The Hall–Kier alpha value is -3.35. The highest BCUT2D eigenvalue weighted by Crippen LogP contribution is 2.46. The summed E-state index contributed by atoms with van der Waals surface area (Å²) >= 11 is 0. The van der Waals surface area contributed by atoms with E-state index in [1.165, 1.54) is 5.56 Å². The molecule has 41 heavy (non-hydrogen) atoms. The van der Waals surface area contributed by atoms with Gasteiger partial charge in [-0.1, -0.05) is 30.3 Å². The summed E-state index contributed by atoms with van der Waals surface area (Å²) in [5, 5.41) is 20.2. The van der Waals surface area contributed by atoms with Crippen molar-refractivity contribution in [2.45, 2.75) is 83.6 Å². The van der Waals surface area contributed by atoms with E-state index >= 15 is 0 Å². The van der Waals surface area contributed by atoms with Gasteiger partial charge in [0.15, 0.2) is 0 Å². The number of nitriles is 1. The van der Waals surface area contributed by atoms with Crippen LogP contribution in [0.1, 0.15) is 68.7 Å². The molecule has 0 unspecified atom stereocenters. The number of ether oxygens (including phenoxy) is 2. The van der Waals surface area contributed by atoms with E-state index in [1.807, 2.05) is 31.7 Å². The third-order valence-electron chi connectivity index (χ3n) is 8.96. The van der Waals surface area contributed by atoms with Gasteiger partial charge in [0.2, 0.25) is 5.88 Å². The van der Waals surface area contributed by atoms with Crippen LogP contribution in [-0.4, -0.2) is 76.5 Å². The van der Waals surface area contributed by atoms with Crippen LogP contribution in [-0.2, 0) is 24.2 Å². The number of fused-ring (bicyclic) bond motifs is 3. The Bertz CT molecular complexity index is 1320. The van der Waals surface area contributed by atoms with Crippen LogP contribution in [0.4, 0.5) is 10.6 Å². The minimum Gasteiger partial charge on any atom is -0.476 e. The number of aromatic nitrogens is 1. The Labute approximate surface area is 242 Å². The van der Waals surface area contributed by atoms with Crippen molar-refractivity contribution in [3.05, 3.63) is 52.6 Å². The standard InChI is InChI=1S/C32H41N5O4/c1-31(2,3)41-30(39)36-17-23-9-10-24(18-36)37(23)28-25-11-14-35(16-22-7-5-4-6-8-22)19-27(25)26(15-33)29(34-28)40-21-32(20-38)12-13-32/h4-8,23-24,38H,9-14,16-21H2,1-3H3/t23-,24+. The fourth-order valence-electron chi connectivity index (χ4n) is 6.52. The number of rotatable bonds is 7. The summed E-state index contributed by atoms with van der Waals surface area (Å²) in [6.07, 6.45) is 4.33. The number of benzene rings is 1. The molecule has 1 amide bonds. The summed E-state index contributed by atoms with van der Waals surface area (Å²) in [6.45, 7) is 9.64. The molecule has 3 fully saturated rings. The minimum atomic E-state index is -0.535. The average molecular weight is 560 g/mol. The van der Waals surface area contributed by atoms with Crippen molar-refractivity contribution in [1.29, 1.82) is 5.26 Å². The van der Waals surface area contributed by atoms with E-state index in [9.17, 15) is 15.2 Å². The van der Waals surface area contributed by atoms with Crippen LogP contribution in [0.25, 0.3) is 0 Å². The molecule has 1 aromatic heterocycles. The zero-order valence-electron chi connectivity index (χ0n) is 24.4. The molecule has 0 radical (unpaired) electrons. The lowest BCUT2D eigenvalue weighted by Gasteiger charge is -2.43. The summed E-state index contributed by atoms with van der Waals surface area (Å²) in [6, 6.07) is 13.1. The summed E-state index contributed by atoms with van der Waals surface area (Å²) < 4.78 is 12.0. The van der Waals surface area contributed by atoms with E-state index in [2.05, 4.69) is 40.1 Å². The maximum Gasteiger partial charge on any atom is 0.410 e. The first-order chi connectivity index (χ1) is 19.7. The lowest BCUT2D eigenvalue weighted by atomic mass is 9.94. The molecular formula is C32H41N5O4. The predicted molar refractivity (Wildman–Crippen MR) is 155 cm³/mol. The third-order valence-corrected chi connectivity index (χ3v) is 8.96. The van der Waals surface area contributed by atoms with Crippen LogP contribution in [0.5, 0.6) is 5.88 Å². The zero-order chi connectivity index (χ0) is 28.8. The van der Waals surface area contributed by atoms with Gasteiger partial charge >= 0.3 is 6.09 Å². The number of nitrogens with zero attached hydrogens (tertiary/aromatic N) is 5. The fourth-order valence-corrected chi connectivity index (χ4v) is 6.52. The van der Waals surface area contributed by atoms with Crippen molar-refractivity contribution in [3.63, 3.8) is 0 Å². The molecule has 1 N–H and O–H groups in total. The summed E-state index contributed by atoms with van der Waals surface area (Å²) in [5.74, 6) is 1.27. The Morgan fingerprint density at radius 1 is 1.15 bits per heavy atom. The summed E-state index contributed by atoms with van der Waals surface area (Å²) in [5.41, 5.74) is 3.13. The quantitative estimate of drug-likeness (QED) is 0.537. The van der Waals surface area contributed by atoms with Crippen molar-refractivity contribution in [2.24, 2.45) is 5.41 Å². The van der Waals surface area contributed by atoms with Gasteiger partial charge in [-0.25, -0.2) is 4.79 Å². The first-order valence-corrected chi connectivity index (χ1v) is 14.9. The number of hydrogen-bond acceptors (Lipinski definition) is 8. The molecule has 2 atom stereocenters. The molecule has 0 spiro atoms. The van der Waals surface area contributed by atoms with Gasteiger partial charge in [0.25, 0.3) is 0 Å². The second-order valence-corrected chi connectivity index (χ2v) is 13.3. The van der Waals surface area contributed by atoms with Crippen molar-refractivity contribution in [3.8, 4) is 11.9 Å². The molecule has 3 aliphatic heterocycles. The first kappa shape index (κ1) is 27.8. The monoisotopic (exact) mass is 559 g/mol. The zero-order valence-corrected chi connectivity index (χ0v) is 24.4. The third kappa shape index (κ3) is 5.73. The molecular weight excluding hydrogens is 518 g/mol. The van der Waals surface area contributed by atoms with E-state index in [-0.39, 0.29) is 30.2 Å². The minimum absolute atomic E-state index is 0.0777. The number of anilines is 1. The smallest absolute Gasteiger partial charge is 0.410 e. The Morgan fingerprint density at radius 2 is 1.85 bits per heavy atom. The summed E-state index contributed by atoms with van der Waals surface area (Å²) in [4.78, 5) is 24.6. The number of hydrogen-bond donors (Lipinski definition) is 1. The van der Waals surface area contributed by atoms with Gasteiger partial charge in [-0.05, 0) is 64.0 Å². The van der Waals surface area contributed by atoms with Crippen molar-refractivity contribution in [1.82, 2.24) is 14.8 Å². The number of carbonyl (C=O) groups is 1. The van der Waals surface area contributed by atoms with Crippen molar-refractivity contribution in [2.75, 3.05) is 37.7 Å². The van der Waals surface area contributed by atoms with Gasteiger partial charge in [-0.3, -0.25) is 4.90 Å². The maximum atomic E-state index is 12.9. The molecule has 2 aromatic rings. The number of amides is 1. The van der Waals surface area contributed by atoms with Crippen LogP contribution >= 0.6 is 0 Å². The SMILES string of the molecule is CC(C)(C)OC(=O)N1C[C@H]2CC[C@@H](C1)N2c1nc(OCC2(CO)CC2)c(C#N)c2c1CCN(Cc1ccccc1)C2. The van der Waals surface area contributed by atoms with Crippen LogP contribution in [0, 0.1) is 16.7 Å². The highest BCUT2D eigenvalue weighted by atomic mass is 16.6. The van der Waals surface area contributed by atoms with Gasteiger partial charge < -0.3 is 24.4 Å². The highest BCUT2D eigenvalue weighted by molar-refractivity contribution is 5.70. The van der Waals surface area contributed by atoms with E-state index in [0.717, 1.165) is 62.1 Å². The molecule has 2 bridgehead atoms. The lowest BCUT2D eigenvalue weighted by molar-refractivity contribution is 0.0209. The van der Waals surface area contributed by atoms with E-state index in [0.29, 0.717) is 37.7 Å². The number of pyridine rings is 1. The number of carbonyl (C=O) groups excluding carboxylic acids is 1. The molecule has 4 aliphatic rings. The molecule has 2 saturated heterocycles. The summed E-state index contributed by atoms with van der Waals surface area (Å²) in [7, 11) is 0. The van der Waals surface area contributed by atoms with Crippen molar-refractivity contribution >= 4 is 11.9 Å². The normalized spacial score (nSPS) is 23.1. The van der Waals surface area contributed by atoms with E-state index < -0.39 is 5.60 Å². The number of aliphatic hydroxyl groups excluding tert-OH is 1.